The molecule has 0 atom stereocenters. The topological polar surface area (TPSA) is 55.4 Å². The molecule has 0 radical (unpaired) electrons. The van der Waals surface area contributed by atoms with E-state index in [1.807, 2.05) is 4.72 Å². The Labute approximate surface area is 138 Å². The summed E-state index contributed by atoms with van der Waals surface area (Å²) in [5, 5.41) is 0. The molecule has 0 amide bonds. The van der Waals surface area contributed by atoms with Crippen molar-refractivity contribution >= 4 is 15.7 Å². The van der Waals surface area contributed by atoms with E-state index >= 15 is 0 Å². The molecule has 0 aromatic heterocycles. The van der Waals surface area contributed by atoms with Crippen molar-refractivity contribution in [2.75, 3.05) is 11.8 Å². The van der Waals surface area contributed by atoms with Crippen molar-refractivity contribution in [1.82, 2.24) is 0 Å². The normalized spacial score (nSPS) is 12.1. The van der Waals surface area contributed by atoms with Crippen LogP contribution in [0.15, 0.2) is 41.3 Å². The quantitative estimate of drug-likeness (QED) is 0.893. The molecule has 0 bridgehead atoms. The number of methoxy groups -OCH3 is 1. The Bertz CT molecular complexity index is 861. The smallest absolute Gasteiger partial charge is 0.418 e. The first-order valence-corrected chi connectivity index (χ1v) is 8.39. The average Bonchev–Trinajstić information content (AvgIpc) is 2.48. The molecule has 0 aliphatic rings. The fourth-order valence-electron chi connectivity index (χ4n) is 2.15. The summed E-state index contributed by atoms with van der Waals surface area (Å²) >= 11 is 0. The van der Waals surface area contributed by atoms with Gasteiger partial charge >= 0.3 is 6.18 Å². The zero-order valence-corrected chi connectivity index (χ0v) is 14.0. The molecule has 130 valence electrons. The molecular formula is C16H16F3NO3S. The molecule has 0 fully saturated rings. The number of benzene rings is 2. The highest BCUT2D eigenvalue weighted by atomic mass is 32.2. The Morgan fingerprint density at radius 3 is 2.21 bits per heavy atom. The lowest BCUT2D eigenvalue weighted by atomic mass is 10.1. The summed E-state index contributed by atoms with van der Waals surface area (Å²) in [5.41, 5.74) is -0.108. The van der Waals surface area contributed by atoms with Crippen LogP contribution in [-0.2, 0) is 16.2 Å². The minimum atomic E-state index is -4.67. The predicted molar refractivity (Wildman–Crippen MR) is 84.7 cm³/mol. The summed E-state index contributed by atoms with van der Waals surface area (Å²) in [5.74, 6) is 0.0649. The largest absolute Gasteiger partial charge is 0.495 e. The van der Waals surface area contributed by atoms with Crippen molar-refractivity contribution in [1.29, 1.82) is 0 Å². The molecule has 0 aliphatic carbocycles. The molecule has 2 aromatic carbocycles. The molecule has 0 aliphatic heterocycles. The Morgan fingerprint density at radius 2 is 1.62 bits per heavy atom. The van der Waals surface area contributed by atoms with Gasteiger partial charge in [0.15, 0.2) is 0 Å². The predicted octanol–water partition coefficient (Wildman–Crippen LogP) is 4.13. The first kappa shape index (κ1) is 18.1. The van der Waals surface area contributed by atoms with E-state index in [1.54, 1.807) is 13.8 Å². The van der Waals surface area contributed by atoms with Crippen LogP contribution >= 0.6 is 0 Å². The van der Waals surface area contributed by atoms with E-state index in [1.165, 1.54) is 31.4 Å². The highest BCUT2D eigenvalue weighted by molar-refractivity contribution is 7.92. The van der Waals surface area contributed by atoms with Crippen LogP contribution in [0.5, 0.6) is 5.75 Å². The summed E-state index contributed by atoms with van der Waals surface area (Å²) < 4.78 is 71.3. The van der Waals surface area contributed by atoms with Gasteiger partial charge in [0, 0.05) is 0 Å². The van der Waals surface area contributed by atoms with Crippen molar-refractivity contribution < 1.29 is 26.3 Å². The van der Waals surface area contributed by atoms with Gasteiger partial charge in [0.2, 0.25) is 0 Å². The Morgan fingerprint density at radius 1 is 1.04 bits per heavy atom. The standard InChI is InChI=1S/C16H16F3NO3S/c1-10-8-14(23-3)15(9-11(10)2)24(21,22)20-13-7-5-4-6-12(13)16(17,18)19/h4-9,20H,1-3H3. The first-order chi connectivity index (χ1) is 11.1. The number of sulfonamides is 1. The third-order valence-electron chi connectivity index (χ3n) is 3.55. The van der Waals surface area contributed by atoms with Gasteiger partial charge in [-0.25, -0.2) is 8.42 Å². The number of nitrogens with one attached hydrogen (secondary N) is 1. The number of para-hydroxylation sites is 1. The number of hydrogen-bond donors (Lipinski definition) is 1. The monoisotopic (exact) mass is 359 g/mol. The first-order valence-electron chi connectivity index (χ1n) is 6.90. The lowest BCUT2D eigenvalue weighted by molar-refractivity contribution is -0.136. The van der Waals surface area contributed by atoms with Crippen molar-refractivity contribution in [3.63, 3.8) is 0 Å². The van der Waals surface area contributed by atoms with Crippen LogP contribution < -0.4 is 9.46 Å². The van der Waals surface area contributed by atoms with Crippen LogP contribution in [-0.4, -0.2) is 15.5 Å². The SMILES string of the molecule is COc1cc(C)c(C)cc1S(=O)(=O)Nc1ccccc1C(F)(F)F. The molecule has 0 saturated carbocycles. The number of aryl methyl sites for hydroxylation is 2. The fourth-order valence-corrected chi connectivity index (χ4v) is 3.47. The highest BCUT2D eigenvalue weighted by Gasteiger charge is 2.34. The summed E-state index contributed by atoms with van der Waals surface area (Å²) in [6, 6.07) is 7.29. The summed E-state index contributed by atoms with van der Waals surface area (Å²) in [4.78, 5) is -0.218. The van der Waals surface area contributed by atoms with E-state index in [2.05, 4.69) is 0 Å². The van der Waals surface area contributed by atoms with Gasteiger partial charge in [0.25, 0.3) is 10.0 Å². The van der Waals surface area contributed by atoms with Gasteiger partial charge in [-0.2, -0.15) is 13.2 Å². The van der Waals surface area contributed by atoms with E-state index in [-0.39, 0.29) is 10.6 Å². The summed E-state index contributed by atoms with van der Waals surface area (Å²) in [6.07, 6.45) is -4.67. The van der Waals surface area contributed by atoms with Crippen molar-refractivity contribution in [2.45, 2.75) is 24.9 Å². The fraction of sp³-hybridized carbons (Fsp3) is 0.250. The van der Waals surface area contributed by atoms with Gasteiger partial charge in [-0.05, 0) is 49.2 Å². The van der Waals surface area contributed by atoms with Crippen molar-refractivity contribution in [3.8, 4) is 5.75 Å². The van der Waals surface area contributed by atoms with Gasteiger partial charge in [-0.1, -0.05) is 12.1 Å². The minimum Gasteiger partial charge on any atom is -0.495 e. The second-order valence-corrected chi connectivity index (χ2v) is 6.89. The zero-order valence-electron chi connectivity index (χ0n) is 13.2. The van der Waals surface area contributed by atoms with Crippen LogP contribution in [0.3, 0.4) is 0 Å². The van der Waals surface area contributed by atoms with Gasteiger partial charge in [-0.15, -0.1) is 0 Å². The second kappa shape index (κ2) is 6.35. The molecule has 1 N–H and O–H groups in total. The minimum absolute atomic E-state index is 0.0649. The Hall–Kier alpha value is -2.22. The van der Waals surface area contributed by atoms with Crippen LogP contribution in [0.1, 0.15) is 16.7 Å². The van der Waals surface area contributed by atoms with E-state index in [0.717, 1.165) is 17.7 Å². The average molecular weight is 359 g/mol. The van der Waals surface area contributed by atoms with Gasteiger partial charge in [-0.3, -0.25) is 4.72 Å². The molecule has 0 heterocycles. The van der Waals surface area contributed by atoms with E-state index in [9.17, 15) is 21.6 Å². The summed E-state index contributed by atoms with van der Waals surface area (Å²) in [7, 11) is -2.95. The molecular weight excluding hydrogens is 343 g/mol. The van der Waals surface area contributed by atoms with E-state index < -0.39 is 27.5 Å². The number of alkyl halides is 3. The van der Waals surface area contributed by atoms with Gasteiger partial charge in [0.05, 0.1) is 18.4 Å². The third-order valence-corrected chi connectivity index (χ3v) is 4.93. The van der Waals surface area contributed by atoms with Crippen LogP contribution in [0.25, 0.3) is 0 Å². The van der Waals surface area contributed by atoms with Crippen molar-refractivity contribution in [3.05, 3.63) is 53.1 Å². The van der Waals surface area contributed by atoms with E-state index in [0.29, 0.717) is 5.56 Å². The Kier molecular flexibility index (Phi) is 4.80. The van der Waals surface area contributed by atoms with Gasteiger partial charge < -0.3 is 4.74 Å². The number of halogens is 3. The molecule has 24 heavy (non-hydrogen) atoms. The highest BCUT2D eigenvalue weighted by Crippen LogP contribution is 2.36. The lowest BCUT2D eigenvalue weighted by Crippen LogP contribution is -2.18. The molecule has 2 rings (SSSR count). The number of anilines is 1. The number of hydrogen-bond acceptors (Lipinski definition) is 3. The molecule has 4 nitrogen and oxygen atoms in total. The van der Waals surface area contributed by atoms with Crippen LogP contribution in [0.2, 0.25) is 0 Å². The molecule has 0 saturated heterocycles. The number of ether oxygens (including phenoxy) is 1. The Balaban J connectivity index is 2.54. The maximum atomic E-state index is 13.0. The third kappa shape index (κ3) is 3.64. The zero-order chi connectivity index (χ0) is 18.1. The maximum absolute atomic E-state index is 13.0. The van der Waals surface area contributed by atoms with Crippen LogP contribution in [0, 0.1) is 13.8 Å². The molecule has 8 heteroatoms. The molecule has 2 aromatic rings. The van der Waals surface area contributed by atoms with E-state index in [4.69, 9.17) is 4.74 Å². The molecule has 0 spiro atoms. The number of rotatable bonds is 4. The van der Waals surface area contributed by atoms with Gasteiger partial charge in [0.1, 0.15) is 10.6 Å². The summed E-state index contributed by atoms with van der Waals surface area (Å²) in [6.45, 7) is 3.48. The molecule has 0 unspecified atom stereocenters. The second-order valence-electron chi connectivity index (χ2n) is 5.24. The van der Waals surface area contributed by atoms with Crippen LogP contribution in [0.4, 0.5) is 18.9 Å². The maximum Gasteiger partial charge on any atom is 0.418 e. The lowest BCUT2D eigenvalue weighted by Gasteiger charge is -2.17. The van der Waals surface area contributed by atoms with Crippen molar-refractivity contribution in [2.24, 2.45) is 0 Å².